The van der Waals surface area contributed by atoms with E-state index in [2.05, 4.69) is 20.4 Å². The lowest BCUT2D eigenvalue weighted by atomic mass is 9.97. The number of amides is 2. The number of urea groups is 1. The van der Waals surface area contributed by atoms with E-state index in [9.17, 15) is 18.0 Å². The first-order valence-corrected chi connectivity index (χ1v) is 10.5. The van der Waals surface area contributed by atoms with Gasteiger partial charge in [-0.1, -0.05) is 0 Å². The first-order chi connectivity index (χ1) is 16.7. The number of alkyl halides is 3. The molecule has 2 amide bonds. The summed E-state index contributed by atoms with van der Waals surface area (Å²) in [6, 6.07) is 3.41. The topological polar surface area (TPSA) is 136 Å². The fraction of sp³-hybridized carbons (Fsp3) is 0.429. The van der Waals surface area contributed by atoms with Crippen LogP contribution in [0.5, 0.6) is 5.75 Å². The van der Waals surface area contributed by atoms with Gasteiger partial charge in [-0.05, 0) is 0 Å². The number of rotatable bonds is 8. The third-order valence-electron chi connectivity index (χ3n) is 5.49. The van der Waals surface area contributed by atoms with Gasteiger partial charge in [0.25, 0.3) is 0 Å². The van der Waals surface area contributed by atoms with Gasteiger partial charge >= 0.3 is 12.2 Å². The number of nitrogens with zero attached hydrogens (tertiary/aromatic N) is 4. The third kappa shape index (κ3) is 4.99. The zero-order valence-electron chi connectivity index (χ0n) is 18.9. The van der Waals surface area contributed by atoms with Gasteiger partial charge in [0.15, 0.2) is 11.5 Å². The summed E-state index contributed by atoms with van der Waals surface area (Å²) in [5.74, 6) is 0.312. The predicted molar refractivity (Wildman–Crippen MR) is 116 cm³/mol. The second kappa shape index (κ2) is 9.64. The number of hydrogen-bond acceptors (Lipinski definition) is 8. The number of pyridine rings is 2. The number of fused-ring (bicyclic) bond motifs is 1. The van der Waals surface area contributed by atoms with Crippen molar-refractivity contribution in [2.24, 2.45) is 5.73 Å². The van der Waals surface area contributed by atoms with Gasteiger partial charge in [-0.25, -0.2) is 19.4 Å². The number of anilines is 1. The van der Waals surface area contributed by atoms with Gasteiger partial charge in [0, 0.05) is 51.6 Å². The smallest absolute Gasteiger partial charge is 0.435 e. The van der Waals surface area contributed by atoms with Crippen molar-refractivity contribution >= 4 is 22.8 Å². The van der Waals surface area contributed by atoms with Crippen molar-refractivity contribution in [3.8, 4) is 11.6 Å². The second-order valence-electron chi connectivity index (χ2n) is 7.72. The van der Waals surface area contributed by atoms with E-state index >= 15 is 0 Å². The van der Waals surface area contributed by atoms with Crippen molar-refractivity contribution in [1.29, 1.82) is 0 Å². The largest absolute Gasteiger partial charge is 0.491 e. The van der Waals surface area contributed by atoms with Crippen LogP contribution in [0, 0.1) is 0 Å². The average molecular weight is 496 g/mol. The van der Waals surface area contributed by atoms with E-state index in [-0.39, 0.29) is 35.8 Å². The second-order valence-corrected chi connectivity index (χ2v) is 7.72. The molecule has 1 aliphatic heterocycles. The van der Waals surface area contributed by atoms with Gasteiger partial charge < -0.3 is 24.7 Å². The Hall–Kier alpha value is -3.49. The normalized spacial score (nSPS) is 18.2. The number of carbonyl (C=O) groups is 1. The van der Waals surface area contributed by atoms with Crippen LogP contribution in [-0.2, 0) is 26.0 Å². The van der Waals surface area contributed by atoms with E-state index in [0.717, 1.165) is 10.9 Å². The summed E-state index contributed by atoms with van der Waals surface area (Å²) >= 11 is 0. The molecular weight excluding hydrogens is 473 g/mol. The predicted octanol–water partition coefficient (Wildman–Crippen LogP) is 2.61. The minimum atomic E-state index is -4.77. The molecule has 0 radical (unpaired) electrons. The number of aromatic nitrogens is 4. The van der Waals surface area contributed by atoms with Crippen LogP contribution in [0.2, 0.25) is 0 Å². The SMILES string of the molecule is COCCOc1cc(-n2nc(C(F)(F)F)c3cnc(NC(N)=O)cc32)nc([C@]2(OC)CCOC2)c1. The van der Waals surface area contributed by atoms with Gasteiger partial charge in [-0.3, -0.25) is 5.32 Å². The van der Waals surface area contributed by atoms with Crippen molar-refractivity contribution < 1.29 is 36.9 Å². The summed E-state index contributed by atoms with van der Waals surface area (Å²) in [6.45, 7) is 1.13. The molecule has 188 valence electrons. The summed E-state index contributed by atoms with van der Waals surface area (Å²) in [7, 11) is 3.02. The average Bonchev–Trinajstić information content (AvgIpc) is 3.44. The molecule has 1 saturated heterocycles. The molecule has 0 aliphatic carbocycles. The quantitative estimate of drug-likeness (QED) is 0.455. The van der Waals surface area contributed by atoms with E-state index in [1.165, 1.54) is 26.4 Å². The van der Waals surface area contributed by atoms with Crippen molar-refractivity contribution in [3.63, 3.8) is 0 Å². The molecule has 0 unspecified atom stereocenters. The molecule has 1 fully saturated rings. The first-order valence-electron chi connectivity index (χ1n) is 10.5. The lowest BCUT2D eigenvalue weighted by Gasteiger charge is -2.26. The van der Waals surface area contributed by atoms with Crippen LogP contribution in [0.25, 0.3) is 16.7 Å². The lowest BCUT2D eigenvalue weighted by Crippen LogP contribution is -2.30. The maximum absolute atomic E-state index is 13.8. The minimum Gasteiger partial charge on any atom is -0.491 e. The Morgan fingerprint density at radius 2 is 2.09 bits per heavy atom. The van der Waals surface area contributed by atoms with Gasteiger partial charge in [-0.2, -0.15) is 18.3 Å². The standard InChI is InChI=1S/C21H23F3N6O5/c1-32-5-6-35-12-7-15(20(33-2)3-4-34-11-20)27-17(8-12)30-14-9-16(28-19(25)31)26-10-13(14)18(29-30)21(22,23)24/h7-10H,3-6,11H2,1-2H3,(H3,25,26,28,31)/t20-/m0/s1. The molecule has 3 aromatic rings. The van der Waals surface area contributed by atoms with Gasteiger partial charge in [0.05, 0.1) is 29.8 Å². The monoisotopic (exact) mass is 496 g/mol. The third-order valence-corrected chi connectivity index (χ3v) is 5.49. The maximum Gasteiger partial charge on any atom is 0.435 e. The summed E-state index contributed by atoms with van der Waals surface area (Å²) < 4.78 is 64.4. The van der Waals surface area contributed by atoms with Crippen LogP contribution >= 0.6 is 0 Å². The maximum atomic E-state index is 13.8. The molecule has 1 atom stereocenters. The van der Waals surface area contributed by atoms with Crippen LogP contribution in [0.4, 0.5) is 23.8 Å². The van der Waals surface area contributed by atoms with Crippen molar-refractivity contribution in [2.45, 2.75) is 18.2 Å². The molecule has 3 aromatic heterocycles. The highest BCUT2D eigenvalue weighted by Gasteiger charge is 2.40. The number of nitrogens with one attached hydrogen (secondary N) is 1. The fourth-order valence-corrected chi connectivity index (χ4v) is 3.76. The Labute approximate surface area is 197 Å². The van der Waals surface area contributed by atoms with Crippen molar-refractivity contribution in [1.82, 2.24) is 19.7 Å². The molecule has 0 spiro atoms. The number of primary amides is 1. The number of hydrogen-bond donors (Lipinski definition) is 2. The Balaban J connectivity index is 1.92. The van der Waals surface area contributed by atoms with E-state index in [1.54, 1.807) is 6.07 Å². The first kappa shape index (κ1) is 24.6. The summed E-state index contributed by atoms with van der Waals surface area (Å²) in [5, 5.41) is 5.76. The van der Waals surface area contributed by atoms with Gasteiger partial charge in [-0.15, -0.1) is 0 Å². The fourth-order valence-electron chi connectivity index (χ4n) is 3.76. The van der Waals surface area contributed by atoms with Gasteiger partial charge in [0.1, 0.15) is 23.8 Å². The highest BCUT2D eigenvalue weighted by Crippen LogP contribution is 2.38. The van der Waals surface area contributed by atoms with Crippen LogP contribution in [-0.4, -0.2) is 66.4 Å². The zero-order valence-corrected chi connectivity index (χ0v) is 18.9. The lowest BCUT2D eigenvalue weighted by molar-refractivity contribution is -0.140. The minimum absolute atomic E-state index is 0.00212. The molecule has 4 heterocycles. The summed E-state index contributed by atoms with van der Waals surface area (Å²) in [6.07, 6.45) is -3.32. The van der Waals surface area contributed by atoms with Crippen LogP contribution in [0.1, 0.15) is 17.8 Å². The molecule has 14 heteroatoms. The molecule has 4 rings (SSSR count). The number of nitrogens with two attached hydrogens (primary N) is 1. The van der Waals surface area contributed by atoms with E-state index < -0.39 is 23.5 Å². The Morgan fingerprint density at radius 1 is 1.29 bits per heavy atom. The number of carbonyl (C=O) groups excluding carboxylic acids is 1. The Bertz CT molecular complexity index is 1230. The molecular formula is C21H23F3N6O5. The van der Waals surface area contributed by atoms with Crippen LogP contribution in [0.15, 0.2) is 24.4 Å². The highest BCUT2D eigenvalue weighted by atomic mass is 19.4. The summed E-state index contributed by atoms with van der Waals surface area (Å²) in [4.78, 5) is 19.7. The molecule has 0 saturated carbocycles. The van der Waals surface area contributed by atoms with Crippen molar-refractivity contribution in [3.05, 3.63) is 35.8 Å². The molecule has 0 bridgehead atoms. The van der Waals surface area contributed by atoms with E-state index in [0.29, 0.717) is 31.1 Å². The van der Waals surface area contributed by atoms with Crippen LogP contribution in [0.3, 0.4) is 0 Å². The van der Waals surface area contributed by atoms with E-state index in [1.807, 2.05) is 0 Å². The summed E-state index contributed by atoms with van der Waals surface area (Å²) in [5.41, 5.74) is 3.46. The molecule has 35 heavy (non-hydrogen) atoms. The molecule has 11 nitrogen and oxygen atoms in total. The number of halogens is 3. The number of methoxy groups -OCH3 is 2. The van der Waals surface area contributed by atoms with Crippen molar-refractivity contribution in [2.75, 3.05) is 46.0 Å². The Kier molecular flexibility index (Phi) is 6.78. The van der Waals surface area contributed by atoms with Crippen LogP contribution < -0.4 is 15.8 Å². The van der Waals surface area contributed by atoms with E-state index in [4.69, 9.17) is 24.7 Å². The highest BCUT2D eigenvalue weighted by molar-refractivity contribution is 5.91. The zero-order chi connectivity index (χ0) is 25.2. The number of ether oxygens (including phenoxy) is 4. The Morgan fingerprint density at radius 3 is 2.71 bits per heavy atom. The molecule has 3 N–H and O–H groups in total. The van der Waals surface area contributed by atoms with Gasteiger partial charge in [0.2, 0.25) is 0 Å². The molecule has 1 aliphatic rings. The molecule has 0 aromatic carbocycles.